The molecule has 1 rings (SSSR count). The molecule has 1 heterocycles. The molecular weight excluding hydrogens is 192 g/mol. The van der Waals surface area contributed by atoms with E-state index in [0.717, 1.165) is 6.54 Å². The Bertz CT molecular complexity index is 258. The van der Waals surface area contributed by atoms with Gasteiger partial charge in [0.05, 0.1) is 0 Å². The van der Waals surface area contributed by atoms with E-state index in [9.17, 15) is 0 Å². The minimum atomic E-state index is 0.609. The molecule has 1 atom stereocenters. The van der Waals surface area contributed by atoms with Crippen LogP contribution in [0.1, 0.15) is 19.0 Å². The zero-order valence-electron chi connectivity index (χ0n) is 9.29. The topological polar surface area (TPSA) is 17.0 Å². The highest BCUT2D eigenvalue weighted by atomic mass is 32.2. The maximum absolute atomic E-state index is 3.53. The molecule has 1 aromatic heterocycles. The van der Waals surface area contributed by atoms with Crippen molar-refractivity contribution in [3.8, 4) is 0 Å². The number of nitrogens with zero attached hydrogens (tertiary/aromatic N) is 1. The maximum atomic E-state index is 3.53. The van der Waals surface area contributed by atoms with Gasteiger partial charge in [0, 0.05) is 31.5 Å². The predicted molar refractivity (Wildman–Crippen MR) is 64.7 cm³/mol. The van der Waals surface area contributed by atoms with Crippen LogP contribution in [-0.4, -0.2) is 22.6 Å². The summed E-state index contributed by atoms with van der Waals surface area (Å²) in [5, 5.41) is 3.53. The summed E-state index contributed by atoms with van der Waals surface area (Å²) >= 11 is 1.91. The molecule has 0 radical (unpaired) electrons. The van der Waals surface area contributed by atoms with E-state index >= 15 is 0 Å². The van der Waals surface area contributed by atoms with Crippen molar-refractivity contribution in [1.82, 2.24) is 9.88 Å². The van der Waals surface area contributed by atoms with Crippen molar-refractivity contribution in [2.45, 2.75) is 25.9 Å². The molecule has 1 aromatic rings. The van der Waals surface area contributed by atoms with E-state index in [2.05, 4.69) is 48.4 Å². The summed E-state index contributed by atoms with van der Waals surface area (Å²) in [6.07, 6.45) is 5.49. The number of aromatic nitrogens is 1. The first-order valence-corrected chi connectivity index (χ1v) is 6.46. The second-order valence-electron chi connectivity index (χ2n) is 3.67. The highest BCUT2D eigenvalue weighted by molar-refractivity contribution is 7.98. The number of aryl methyl sites for hydroxylation is 1. The lowest BCUT2D eigenvalue weighted by Crippen LogP contribution is -2.26. The molecule has 2 nitrogen and oxygen atoms in total. The molecule has 0 saturated carbocycles. The molecule has 80 valence electrons. The number of thioether (sulfide) groups is 1. The van der Waals surface area contributed by atoms with Crippen LogP contribution in [0.2, 0.25) is 0 Å². The van der Waals surface area contributed by atoms with Gasteiger partial charge in [-0.3, -0.25) is 0 Å². The minimum Gasteiger partial charge on any atom is -0.353 e. The van der Waals surface area contributed by atoms with Crippen LogP contribution in [-0.2, 0) is 13.6 Å². The van der Waals surface area contributed by atoms with Crippen LogP contribution in [0.15, 0.2) is 18.3 Å². The molecular formula is C11H20N2S. The van der Waals surface area contributed by atoms with Crippen LogP contribution in [0.4, 0.5) is 0 Å². The largest absolute Gasteiger partial charge is 0.353 e. The molecule has 0 bridgehead atoms. The summed E-state index contributed by atoms with van der Waals surface area (Å²) < 4.78 is 2.16. The van der Waals surface area contributed by atoms with Crippen LogP contribution in [0, 0.1) is 0 Å². The van der Waals surface area contributed by atoms with Gasteiger partial charge < -0.3 is 9.88 Å². The number of hydrogen-bond donors (Lipinski definition) is 1. The fraction of sp³-hybridized carbons (Fsp3) is 0.636. The lowest BCUT2D eigenvalue weighted by molar-refractivity contribution is 0.525. The van der Waals surface area contributed by atoms with Crippen molar-refractivity contribution in [3.05, 3.63) is 24.0 Å². The zero-order valence-corrected chi connectivity index (χ0v) is 10.1. The SMILES string of the molecule is CSCCC(C)NCc1cccn1C. The molecule has 1 unspecified atom stereocenters. The quantitative estimate of drug-likeness (QED) is 0.779. The van der Waals surface area contributed by atoms with E-state index in [-0.39, 0.29) is 0 Å². The summed E-state index contributed by atoms with van der Waals surface area (Å²) in [5.74, 6) is 1.24. The fourth-order valence-electron chi connectivity index (χ4n) is 1.36. The second-order valence-corrected chi connectivity index (χ2v) is 4.66. The second kappa shape index (κ2) is 6.14. The van der Waals surface area contributed by atoms with Gasteiger partial charge in [-0.05, 0) is 37.5 Å². The number of nitrogens with one attached hydrogen (secondary N) is 1. The Morgan fingerprint density at radius 3 is 2.93 bits per heavy atom. The summed E-state index contributed by atoms with van der Waals surface area (Å²) in [5.41, 5.74) is 1.35. The van der Waals surface area contributed by atoms with Crippen molar-refractivity contribution < 1.29 is 0 Å². The summed E-state index contributed by atoms with van der Waals surface area (Å²) in [7, 11) is 2.09. The molecule has 0 aromatic carbocycles. The average molecular weight is 212 g/mol. The zero-order chi connectivity index (χ0) is 10.4. The molecule has 0 aliphatic heterocycles. The van der Waals surface area contributed by atoms with Crippen LogP contribution in [0.25, 0.3) is 0 Å². The summed E-state index contributed by atoms with van der Waals surface area (Å²) in [4.78, 5) is 0. The van der Waals surface area contributed by atoms with E-state index in [0.29, 0.717) is 6.04 Å². The molecule has 3 heteroatoms. The van der Waals surface area contributed by atoms with E-state index in [1.165, 1.54) is 17.9 Å². The molecule has 0 amide bonds. The van der Waals surface area contributed by atoms with E-state index in [1.54, 1.807) is 0 Å². The Kier molecular flexibility index (Phi) is 5.12. The third kappa shape index (κ3) is 3.76. The lowest BCUT2D eigenvalue weighted by Gasteiger charge is -2.13. The highest BCUT2D eigenvalue weighted by Crippen LogP contribution is 2.03. The normalized spacial score (nSPS) is 13.1. The molecule has 0 spiro atoms. The van der Waals surface area contributed by atoms with E-state index < -0.39 is 0 Å². The fourth-order valence-corrected chi connectivity index (χ4v) is 1.94. The first kappa shape index (κ1) is 11.7. The van der Waals surface area contributed by atoms with Gasteiger partial charge in [-0.25, -0.2) is 0 Å². The highest BCUT2D eigenvalue weighted by Gasteiger charge is 2.02. The van der Waals surface area contributed by atoms with Crippen molar-refractivity contribution in [1.29, 1.82) is 0 Å². The van der Waals surface area contributed by atoms with Gasteiger partial charge >= 0.3 is 0 Å². The van der Waals surface area contributed by atoms with Gasteiger partial charge in [0.1, 0.15) is 0 Å². The Morgan fingerprint density at radius 2 is 2.36 bits per heavy atom. The van der Waals surface area contributed by atoms with Crippen LogP contribution >= 0.6 is 11.8 Å². The monoisotopic (exact) mass is 212 g/mol. The van der Waals surface area contributed by atoms with E-state index in [4.69, 9.17) is 0 Å². The van der Waals surface area contributed by atoms with Gasteiger partial charge in [0.15, 0.2) is 0 Å². The Balaban J connectivity index is 2.23. The molecule has 1 N–H and O–H groups in total. The van der Waals surface area contributed by atoms with Crippen LogP contribution in [0.3, 0.4) is 0 Å². The molecule has 14 heavy (non-hydrogen) atoms. The minimum absolute atomic E-state index is 0.609. The standard InChI is InChI=1S/C11H20N2S/c1-10(6-8-14-3)12-9-11-5-4-7-13(11)2/h4-5,7,10,12H,6,8-9H2,1-3H3. The van der Waals surface area contributed by atoms with Gasteiger partial charge in [-0.1, -0.05) is 0 Å². The average Bonchev–Trinajstić information content (AvgIpc) is 2.58. The Morgan fingerprint density at radius 1 is 1.57 bits per heavy atom. The smallest absolute Gasteiger partial charge is 0.0361 e. The molecule has 0 fully saturated rings. The molecule has 0 aliphatic carbocycles. The Hall–Kier alpha value is -0.410. The lowest BCUT2D eigenvalue weighted by atomic mass is 10.2. The van der Waals surface area contributed by atoms with Crippen LogP contribution < -0.4 is 5.32 Å². The van der Waals surface area contributed by atoms with Gasteiger partial charge in [0.25, 0.3) is 0 Å². The summed E-state index contributed by atoms with van der Waals surface area (Å²) in [6.45, 7) is 3.22. The van der Waals surface area contributed by atoms with Crippen LogP contribution in [0.5, 0.6) is 0 Å². The predicted octanol–water partition coefficient (Wildman–Crippen LogP) is 2.26. The van der Waals surface area contributed by atoms with Crippen molar-refractivity contribution in [2.75, 3.05) is 12.0 Å². The van der Waals surface area contributed by atoms with Gasteiger partial charge in [0.2, 0.25) is 0 Å². The third-order valence-electron chi connectivity index (χ3n) is 2.44. The Labute approximate surface area is 91.1 Å². The van der Waals surface area contributed by atoms with E-state index in [1.807, 2.05) is 11.8 Å². The van der Waals surface area contributed by atoms with Crippen molar-refractivity contribution in [2.24, 2.45) is 7.05 Å². The first-order valence-electron chi connectivity index (χ1n) is 5.06. The van der Waals surface area contributed by atoms with Gasteiger partial charge in [-0.2, -0.15) is 11.8 Å². The van der Waals surface area contributed by atoms with Crippen molar-refractivity contribution >= 4 is 11.8 Å². The first-order chi connectivity index (χ1) is 6.74. The molecule has 0 aliphatic rings. The maximum Gasteiger partial charge on any atom is 0.0361 e. The van der Waals surface area contributed by atoms with Crippen molar-refractivity contribution in [3.63, 3.8) is 0 Å². The third-order valence-corrected chi connectivity index (χ3v) is 3.08. The number of rotatable bonds is 6. The van der Waals surface area contributed by atoms with Gasteiger partial charge in [-0.15, -0.1) is 0 Å². The summed E-state index contributed by atoms with van der Waals surface area (Å²) in [6, 6.07) is 4.86. The molecule has 0 saturated heterocycles. The number of hydrogen-bond acceptors (Lipinski definition) is 2.